The van der Waals surface area contributed by atoms with Crippen molar-refractivity contribution >= 4 is 65.6 Å². The van der Waals surface area contributed by atoms with E-state index < -0.39 is 0 Å². The van der Waals surface area contributed by atoms with Gasteiger partial charge in [-0.15, -0.1) is 0 Å². The summed E-state index contributed by atoms with van der Waals surface area (Å²) in [7, 11) is 0. The molecule has 3 rings (SSSR count). The molecule has 150 valence electrons. The average Bonchev–Trinajstić information content (AvgIpc) is 2.75. The summed E-state index contributed by atoms with van der Waals surface area (Å²) in [6, 6.07) is 11.3. The van der Waals surface area contributed by atoms with Crippen LogP contribution in [0.2, 0.25) is 0 Å². The third kappa shape index (κ3) is 10.1. The molecule has 1 aliphatic heterocycles. The second-order valence-electron chi connectivity index (χ2n) is 5.29. The average molecular weight is 639 g/mol. The molecule has 0 aromatic heterocycles. The van der Waals surface area contributed by atoms with Crippen LogP contribution in [0.3, 0.4) is 0 Å². The first-order chi connectivity index (χ1) is 13.5. The molecular formula is C18H22Br2Ge2O6+2. The van der Waals surface area contributed by atoms with Gasteiger partial charge in [0.15, 0.2) is 0 Å². The van der Waals surface area contributed by atoms with Crippen LogP contribution in [0.4, 0.5) is 0 Å². The monoisotopic (exact) mass is 640 g/mol. The van der Waals surface area contributed by atoms with Crippen molar-refractivity contribution < 1.29 is 27.2 Å². The van der Waals surface area contributed by atoms with Crippen LogP contribution < -0.4 is 7.53 Å². The van der Waals surface area contributed by atoms with E-state index in [4.69, 9.17) is 27.2 Å². The first-order valence-electron chi connectivity index (χ1n) is 8.24. The van der Waals surface area contributed by atoms with Gasteiger partial charge in [0.1, 0.15) is 0 Å². The van der Waals surface area contributed by atoms with E-state index in [0.717, 1.165) is 58.0 Å². The van der Waals surface area contributed by atoms with Crippen LogP contribution in [0.5, 0.6) is 11.5 Å². The van der Waals surface area contributed by atoms with E-state index in [0.29, 0.717) is 0 Å². The predicted molar refractivity (Wildman–Crippen MR) is 117 cm³/mol. The number of ether oxygens (including phenoxy) is 2. The van der Waals surface area contributed by atoms with Crippen molar-refractivity contribution in [1.29, 1.82) is 0 Å². The number of halogens is 2. The number of hydrogen-bond donors (Lipinski definition) is 0. The van der Waals surface area contributed by atoms with Crippen molar-refractivity contribution in [2.24, 2.45) is 0 Å². The van der Waals surface area contributed by atoms with Crippen LogP contribution in [0, 0.1) is 0 Å². The summed E-state index contributed by atoms with van der Waals surface area (Å²) in [4.78, 5) is 0. The van der Waals surface area contributed by atoms with Crippen LogP contribution in [0.1, 0.15) is 11.1 Å². The third-order valence-electron chi connectivity index (χ3n) is 3.39. The van der Waals surface area contributed by atoms with Gasteiger partial charge in [0.2, 0.25) is 0 Å². The fraction of sp³-hybridized carbons (Fsp3) is 0.333. The van der Waals surface area contributed by atoms with E-state index in [1.165, 1.54) is 0 Å². The first-order valence-corrected chi connectivity index (χ1v) is 11.5. The summed E-state index contributed by atoms with van der Waals surface area (Å²) in [5.74, 6) is 1.56. The van der Waals surface area contributed by atoms with Crippen molar-refractivity contribution in [2.75, 3.05) is 26.4 Å². The van der Waals surface area contributed by atoms with Crippen molar-refractivity contribution in [3.05, 3.63) is 56.5 Å². The Labute approximate surface area is 199 Å². The summed E-state index contributed by atoms with van der Waals surface area (Å²) < 4.78 is 22.0. The second kappa shape index (κ2) is 15.7. The molecule has 1 heterocycles. The van der Waals surface area contributed by atoms with Gasteiger partial charge in [-0.1, -0.05) is 0 Å². The SMILES string of the molecule is C1COCCO1.[OH2+]Cc1cc(Br)ccc1[O][Ge].[OH2+]Cc1cc(Br)ccc1[O][Ge]. The Morgan fingerprint density at radius 2 is 1.11 bits per heavy atom. The molecule has 6 radical (unpaired) electrons. The van der Waals surface area contributed by atoms with Crippen LogP contribution in [-0.2, 0) is 22.7 Å². The topological polar surface area (TPSA) is 82.7 Å². The zero-order valence-corrected chi connectivity index (χ0v) is 22.5. The maximum atomic E-state index is 7.18. The van der Waals surface area contributed by atoms with Gasteiger partial charge in [-0.25, -0.2) is 0 Å². The molecule has 4 N–H and O–H groups in total. The molecule has 2 aromatic rings. The molecule has 1 saturated heterocycles. The van der Waals surface area contributed by atoms with E-state index in [1.807, 2.05) is 36.4 Å². The standard InChI is InChI=1S/2C7H6BrGeO2.C4H8O2/c2*8-6-1-2-7(11-9)5(3-6)4-10;1-2-6-4-3-5-1/h2*1-3,10H,4H2;1-4H2/p+2. The molecule has 0 bridgehead atoms. The normalized spacial score (nSPS) is 12.8. The van der Waals surface area contributed by atoms with E-state index in [2.05, 4.69) is 31.9 Å². The summed E-state index contributed by atoms with van der Waals surface area (Å²) in [6.45, 7) is 3.62. The number of benzene rings is 2. The Kier molecular flexibility index (Phi) is 14.6. The quantitative estimate of drug-likeness (QED) is 0.380. The minimum atomic E-state index is 0.253. The fourth-order valence-corrected chi connectivity index (χ4v) is 3.66. The molecule has 6 nitrogen and oxygen atoms in total. The third-order valence-corrected chi connectivity index (χ3v) is 5.30. The van der Waals surface area contributed by atoms with Crippen molar-refractivity contribution in [1.82, 2.24) is 0 Å². The number of hydrogen-bond acceptors (Lipinski definition) is 4. The van der Waals surface area contributed by atoms with Crippen molar-refractivity contribution in [2.45, 2.75) is 13.2 Å². The zero-order chi connectivity index (χ0) is 20.8. The van der Waals surface area contributed by atoms with Gasteiger partial charge in [0, 0.05) is 0 Å². The summed E-state index contributed by atoms with van der Waals surface area (Å²) in [5.41, 5.74) is 1.81. The van der Waals surface area contributed by atoms with Gasteiger partial charge in [-0.2, -0.15) is 0 Å². The Morgan fingerprint density at radius 3 is 1.36 bits per heavy atom. The molecule has 10 heteroatoms. The van der Waals surface area contributed by atoms with E-state index >= 15 is 0 Å². The molecule has 2 aromatic carbocycles. The molecule has 1 fully saturated rings. The molecule has 0 spiro atoms. The van der Waals surface area contributed by atoms with Crippen molar-refractivity contribution in [3.63, 3.8) is 0 Å². The zero-order valence-electron chi connectivity index (χ0n) is 15.1. The van der Waals surface area contributed by atoms with Gasteiger partial charge in [-0.05, 0) is 0 Å². The Morgan fingerprint density at radius 1 is 0.750 bits per heavy atom. The molecule has 0 unspecified atom stereocenters. The van der Waals surface area contributed by atoms with E-state index in [9.17, 15) is 0 Å². The molecule has 1 aliphatic rings. The Bertz CT molecular complexity index is 637. The number of rotatable bonds is 4. The van der Waals surface area contributed by atoms with Gasteiger partial charge in [0.05, 0.1) is 26.4 Å². The molecule has 0 amide bonds. The fourth-order valence-electron chi connectivity index (χ4n) is 2.01. The summed E-state index contributed by atoms with van der Waals surface area (Å²) >= 11 is 9.88. The Hall–Kier alpha value is -0.0743. The minimum absolute atomic E-state index is 0.253. The van der Waals surface area contributed by atoms with Gasteiger partial charge >= 0.3 is 164 Å². The maximum absolute atomic E-state index is 7.18. The van der Waals surface area contributed by atoms with E-state index in [-0.39, 0.29) is 13.2 Å². The molecule has 0 aliphatic carbocycles. The summed E-state index contributed by atoms with van der Waals surface area (Å²) in [5, 5.41) is 14.4. The summed E-state index contributed by atoms with van der Waals surface area (Å²) in [6.07, 6.45) is 0. The van der Waals surface area contributed by atoms with Crippen LogP contribution in [-0.4, -0.2) is 70.3 Å². The van der Waals surface area contributed by atoms with Crippen LogP contribution in [0.15, 0.2) is 45.3 Å². The van der Waals surface area contributed by atoms with Crippen molar-refractivity contribution in [3.8, 4) is 11.5 Å². The molecule has 0 atom stereocenters. The Balaban J connectivity index is 0.000000219. The molecule has 28 heavy (non-hydrogen) atoms. The van der Waals surface area contributed by atoms with Gasteiger partial charge < -0.3 is 9.47 Å². The van der Waals surface area contributed by atoms with E-state index in [1.54, 1.807) is 33.7 Å². The predicted octanol–water partition coefficient (Wildman–Crippen LogP) is 2.31. The van der Waals surface area contributed by atoms with Crippen LogP contribution >= 0.6 is 31.9 Å². The molecular weight excluding hydrogens is 617 g/mol. The first kappa shape index (κ1) is 26.0. The van der Waals surface area contributed by atoms with Crippen LogP contribution in [0.25, 0.3) is 0 Å². The van der Waals surface area contributed by atoms with Gasteiger partial charge in [0.25, 0.3) is 0 Å². The molecule has 0 saturated carbocycles. The second-order valence-corrected chi connectivity index (χ2v) is 7.97. The van der Waals surface area contributed by atoms with Gasteiger partial charge in [-0.3, -0.25) is 0 Å².